The Kier molecular flexibility index (Phi) is 2.15. The van der Waals surface area contributed by atoms with Gasteiger partial charge in [0.25, 0.3) is 0 Å². The smallest absolute Gasteiger partial charge is 0.236 e. The molecule has 0 spiro atoms. The summed E-state index contributed by atoms with van der Waals surface area (Å²) in [5.74, 6) is 0. The van der Waals surface area contributed by atoms with Gasteiger partial charge in [-0.25, -0.2) is 4.98 Å². The summed E-state index contributed by atoms with van der Waals surface area (Å²) in [4.78, 5) is 3.30. The summed E-state index contributed by atoms with van der Waals surface area (Å²) in [6.45, 7) is 1.51. The zero-order valence-electron chi connectivity index (χ0n) is 5.44. The average molecular weight is 199 g/mol. The minimum absolute atomic E-state index is 0.0741. The SMILES string of the molecule is Cc1nc(C(F)(F)F)c(S)s1. The minimum Gasteiger partial charge on any atom is -0.236 e. The van der Waals surface area contributed by atoms with Crippen LogP contribution in [-0.4, -0.2) is 4.98 Å². The van der Waals surface area contributed by atoms with Gasteiger partial charge in [0.05, 0.1) is 9.22 Å². The van der Waals surface area contributed by atoms with Crippen molar-refractivity contribution < 1.29 is 13.2 Å². The van der Waals surface area contributed by atoms with Crippen molar-refractivity contribution in [3.05, 3.63) is 10.7 Å². The maximum absolute atomic E-state index is 12.0. The molecule has 0 saturated heterocycles. The Bertz CT molecular complexity index is 265. The Morgan fingerprint density at radius 3 is 2.18 bits per heavy atom. The van der Waals surface area contributed by atoms with Crippen LogP contribution in [0, 0.1) is 6.92 Å². The van der Waals surface area contributed by atoms with Gasteiger partial charge >= 0.3 is 6.18 Å². The molecule has 6 heteroatoms. The highest BCUT2D eigenvalue weighted by atomic mass is 32.2. The molecule has 0 aliphatic heterocycles. The second-order valence-corrected chi connectivity index (χ2v) is 3.84. The Hall–Kier alpha value is -0.230. The van der Waals surface area contributed by atoms with Crippen LogP contribution in [0.3, 0.4) is 0 Å². The molecule has 0 aliphatic rings. The van der Waals surface area contributed by atoms with E-state index in [1.165, 1.54) is 6.92 Å². The average Bonchev–Trinajstić information content (AvgIpc) is 2.08. The number of alkyl halides is 3. The zero-order chi connectivity index (χ0) is 8.65. The largest absolute Gasteiger partial charge is 0.435 e. The van der Waals surface area contributed by atoms with Crippen molar-refractivity contribution in [2.24, 2.45) is 0 Å². The van der Waals surface area contributed by atoms with Crippen molar-refractivity contribution in [3.8, 4) is 0 Å². The van der Waals surface area contributed by atoms with Crippen LogP contribution in [-0.2, 0) is 6.18 Å². The maximum atomic E-state index is 12.0. The number of aryl methyl sites for hydroxylation is 1. The van der Waals surface area contributed by atoms with Gasteiger partial charge < -0.3 is 0 Å². The predicted molar refractivity (Wildman–Crippen MR) is 39.1 cm³/mol. The summed E-state index contributed by atoms with van der Waals surface area (Å²) in [6.07, 6.45) is -4.37. The van der Waals surface area contributed by atoms with Gasteiger partial charge in [0.1, 0.15) is 0 Å². The third kappa shape index (κ3) is 1.87. The van der Waals surface area contributed by atoms with Gasteiger partial charge in [-0.2, -0.15) is 13.2 Å². The monoisotopic (exact) mass is 199 g/mol. The van der Waals surface area contributed by atoms with Crippen LogP contribution in [0.5, 0.6) is 0 Å². The van der Waals surface area contributed by atoms with Gasteiger partial charge in [0.15, 0.2) is 5.69 Å². The molecule has 11 heavy (non-hydrogen) atoms. The molecule has 0 atom stereocenters. The fourth-order valence-electron chi connectivity index (χ4n) is 0.601. The molecule has 0 unspecified atom stereocenters. The van der Waals surface area contributed by atoms with Crippen LogP contribution in [0.25, 0.3) is 0 Å². The van der Waals surface area contributed by atoms with Crippen LogP contribution in [0.2, 0.25) is 0 Å². The highest BCUT2D eigenvalue weighted by Crippen LogP contribution is 2.35. The molecule has 0 fully saturated rings. The number of aromatic nitrogens is 1. The molecular formula is C5H4F3NS2. The first-order chi connectivity index (χ1) is 4.91. The lowest BCUT2D eigenvalue weighted by Crippen LogP contribution is -2.06. The molecule has 1 heterocycles. The van der Waals surface area contributed by atoms with Gasteiger partial charge in [-0.1, -0.05) is 0 Å². The van der Waals surface area contributed by atoms with E-state index >= 15 is 0 Å². The molecule has 1 aromatic rings. The molecule has 0 radical (unpaired) electrons. The van der Waals surface area contributed by atoms with Gasteiger partial charge in [-0.05, 0) is 6.92 Å². The first-order valence-corrected chi connectivity index (χ1v) is 3.91. The van der Waals surface area contributed by atoms with E-state index in [4.69, 9.17) is 0 Å². The molecule has 0 N–H and O–H groups in total. The van der Waals surface area contributed by atoms with Gasteiger partial charge in [-0.3, -0.25) is 0 Å². The Morgan fingerprint density at radius 2 is 2.00 bits per heavy atom. The van der Waals surface area contributed by atoms with E-state index in [0.717, 1.165) is 11.3 Å². The fourth-order valence-corrected chi connectivity index (χ4v) is 1.85. The number of hydrogen-bond acceptors (Lipinski definition) is 3. The molecule has 1 nitrogen and oxygen atoms in total. The van der Waals surface area contributed by atoms with Crippen LogP contribution < -0.4 is 0 Å². The van der Waals surface area contributed by atoms with Crippen LogP contribution in [0.1, 0.15) is 10.7 Å². The molecule has 1 rings (SSSR count). The van der Waals surface area contributed by atoms with Crippen molar-refractivity contribution in [2.45, 2.75) is 17.3 Å². The molecular weight excluding hydrogens is 195 g/mol. The van der Waals surface area contributed by atoms with E-state index in [2.05, 4.69) is 17.6 Å². The standard InChI is InChI=1S/C5H4F3NS2/c1-2-9-3(4(10)11-2)5(6,7)8/h10H,1H3. The molecule has 0 aromatic carbocycles. The summed E-state index contributed by atoms with van der Waals surface area (Å²) in [5.41, 5.74) is -0.886. The number of rotatable bonds is 0. The van der Waals surface area contributed by atoms with Crippen LogP contribution in [0.4, 0.5) is 13.2 Å². The first-order valence-electron chi connectivity index (χ1n) is 2.65. The number of thiazole rings is 1. The summed E-state index contributed by atoms with van der Waals surface area (Å²) in [7, 11) is 0. The van der Waals surface area contributed by atoms with E-state index in [-0.39, 0.29) is 4.21 Å². The molecule has 0 amide bonds. The van der Waals surface area contributed by atoms with E-state index < -0.39 is 11.9 Å². The van der Waals surface area contributed by atoms with E-state index in [9.17, 15) is 13.2 Å². The minimum atomic E-state index is -4.37. The molecule has 62 valence electrons. The van der Waals surface area contributed by atoms with Gasteiger partial charge in [0, 0.05) is 0 Å². The molecule has 0 aliphatic carbocycles. The number of halogens is 3. The summed E-state index contributed by atoms with van der Waals surface area (Å²) < 4.78 is 35.8. The first kappa shape index (κ1) is 8.86. The number of nitrogens with zero attached hydrogens (tertiary/aromatic N) is 1. The normalized spacial score (nSPS) is 12.1. The highest BCUT2D eigenvalue weighted by molar-refractivity contribution is 7.82. The predicted octanol–water partition coefficient (Wildman–Crippen LogP) is 2.76. The lowest BCUT2D eigenvalue weighted by molar-refractivity contribution is -0.142. The highest BCUT2D eigenvalue weighted by Gasteiger charge is 2.36. The third-order valence-corrected chi connectivity index (χ3v) is 2.24. The van der Waals surface area contributed by atoms with Crippen molar-refractivity contribution in [3.63, 3.8) is 0 Å². The zero-order valence-corrected chi connectivity index (χ0v) is 7.15. The lowest BCUT2D eigenvalue weighted by atomic mass is 10.5. The van der Waals surface area contributed by atoms with Gasteiger partial charge in [-0.15, -0.1) is 24.0 Å². The topological polar surface area (TPSA) is 12.9 Å². The number of hydrogen-bond donors (Lipinski definition) is 1. The molecule has 0 bridgehead atoms. The van der Waals surface area contributed by atoms with Gasteiger partial charge in [0.2, 0.25) is 0 Å². The molecule has 0 saturated carbocycles. The Balaban J connectivity index is 3.13. The summed E-state index contributed by atoms with van der Waals surface area (Å²) >= 11 is 4.58. The number of thiol groups is 1. The second kappa shape index (κ2) is 2.67. The lowest BCUT2D eigenvalue weighted by Gasteiger charge is -2.01. The Morgan fingerprint density at radius 1 is 1.45 bits per heavy atom. The van der Waals surface area contributed by atoms with Crippen molar-refractivity contribution in [1.29, 1.82) is 0 Å². The van der Waals surface area contributed by atoms with Crippen molar-refractivity contribution in [1.82, 2.24) is 4.98 Å². The second-order valence-electron chi connectivity index (χ2n) is 1.88. The van der Waals surface area contributed by atoms with Crippen LogP contribution >= 0.6 is 24.0 Å². The maximum Gasteiger partial charge on any atom is 0.435 e. The van der Waals surface area contributed by atoms with Crippen molar-refractivity contribution in [2.75, 3.05) is 0 Å². The Labute approximate surface area is 70.7 Å². The fraction of sp³-hybridized carbons (Fsp3) is 0.400. The molecule has 1 aromatic heterocycles. The van der Waals surface area contributed by atoms with E-state index in [1.54, 1.807) is 0 Å². The van der Waals surface area contributed by atoms with E-state index in [0.29, 0.717) is 5.01 Å². The summed E-state index contributed by atoms with van der Waals surface area (Å²) in [5, 5.41) is 0.377. The summed E-state index contributed by atoms with van der Waals surface area (Å²) in [6, 6.07) is 0. The quantitative estimate of drug-likeness (QED) is 0.634. The van der Waals surface area contributed by atoms with Crippen molar-refractivity contribution >= 4 is 24.0 Å². The third-order valence-electron chi connectivity index (χ3n) is 0.985. The van der Waals surface area contributed by atoms with Crippen LogP contribution in [0.15, 0.2) is 4.21 Å². The van der Waals surface area contributed by atoms with E-state index in [1.807, 2.05) is 0 Å².